The fourth-order valence-corrected chi connectivity index (χ4v) is 1.60. The van der Waals surface area contributed by atoms with Crippen molar-refractivity contribution in [2.24, 2.45) is 5.11 Å². The minimum atomic E-state index is -0.518. The van der Waals surface area contributed by atoms with Gasteiger partial charge in [0.1, 0.15) is 5.02 Å². The molecule has 1 aromatic rings. The lowest BCUT2D eigenvalue weighted by Gasteiger charge is -2.00. The van der Waals surface area contributed by atoms with Gasteiger partial charge in [0.15, 0.2) is 0 Å². The number of hydrogen-bond donors (Lipinski definition) is 0. The Morgan fingerprint density at radius 3 is 2.62 bits per heavy atom. The maximum atomic E-state index is 11.5. The van der Waals surface area contributed by atoms with Gasteiger partial charge in [0.2, 0.25) is 0 Å². The fraction of sp³-hybridized carbons (Fsp3) is 0. The van der Waals surface area contributed by atoms with Crippen molar-refractivity contribution in [1.82, 2.24) is 0 Å². The molecule has 16 heavy (non-hydrogen) atoms. The summed E-state index contributed by atoms with van der Waals surface area (Å²) in [7, 11) is 0. The van der Waals surface area contributed by atoms with E-state index in [0.717, 1.165) is 16.8 Å². The second-order valence-electron chi connectivity index (χ2n) is 2.99. The Morgan fingerprint density at radius 2 is 1.88 bits per heavy atom. The van der Waals surface area contributed by atoms with Crippen LogP contribution in [0.3, 0.4) is 0 Å². The number of benzene rings is 1. The van der Waals surface area contributed by atoms with Crippen molar-refractivity contribution in [1.29, 1.82) is 0 Å². The van der Waals surface area contributed by atoms with E-state index in [1.54, 1.807) is 18.2 Å². The molecular formula is C10H5Cl2N2O2+. The zero-order valence-corrected chi connectivity index (χ0v) is 9.37. The predicted molar refractivity (Wildman–Crippen MR) is 58.0 cm³/mol. The van der Waals surface area contributed by atoms with Crippen LogP contribution in [0.25, 0.3) is 0 Å². The lowest BCUT2D eigenvalue weighted by atomic mass is 10.3. The molecule has 0 spiro atoms. The van der Waals surface area contributed by atoms with Gasteiger partial charge in [-0.15, -0.1) is 0 Å². The average Bonchev–Trinajstić information content (AvgIpc) is 2.26. The molecule has 1 aliphatic rings. The zero-order chi connectivity index (χ0) is 11.7. The van der Waals surface area contributed by atoms with E-state index >= 15 is 0 Å². The van der Waals surface area contributed by atoms with E-state index < -0.39 is 11.8 Å². The Morgan fingerprint density at radius 1 is 1.12 bits per heavy atom. The van der Waals surface area contributed by atoms with E-state index in [1.165, 1.54) is 0 Å². The highest BCUT2D eigenvalue weighted by molar-refractivity contribution is 6.43. The molecule has 4 nitrogen and oxygen atoms in total. The molecule has 2 rings (SSSR count). The van der Waals surface area contributed by atoms with Gasteiger partial charge in [-0.2, -0.15) is 0 Å². The van der Waals surface area contributed by atoms with E-state index in [1.807, 2.05) is 0 Å². The van der Waals surface area contributed by atoms with Crippen molar-refractivity contribution < 1.29 is 14.3 Å². The molecule has 1 aromatic carbocycles. The number of halogens is 2. The standard InChI is InChI=1S/C10H5Cl2N2O2/c11-6-2-1-3-7(10(6)12)14-9(16)5-4-8(15)13-14/h1-5H/q+1. The maximum absolute atomic E-state index is 11.5. The summed E-state index contributed by atoms with van der Waals surface area (Å²) in [5.41, 5.74) is 0.289. The van der Waals surface area contributed by atoms with Crippen LogP contribution < -0.4 is 0 Å². The lowest BCUT2D eigenvalue weighted by molar-refractivity contribution is -0.425. The van der Waals surface area contributed by atoms with Crippen LogP contribution in [-0.2, 0) is 9.59 Å². The Hall–Kier alpha value is -1.52. The first-order chi connectivity index (χ1) is 7.59. The Balaban J connectivity index is 2.57. The summed E-state index contributed by atoms with van der Waals surface area (Å²) < 4.78 is 0.927. The van der Waals surface area contributed by atoms with E-state index in [2.05, 4.69) is 5.11 Å². The molecule has 1 heterocycles. The summed E-state index contributed by atoms with van der Waals surface area (Å²) in [6.07, 6.45) is 2.23. The Bertz CT molecular complexity index is 550. The number of amides is 2. The summed E-state index contributed by atoms with van der Waals surface area (Å²) in [5, 5.41) is 4.03. The smallest absolute Gasteiger partial charge is 0.261 e. The molecule has 0 aromatic heterocycles. The SMILES string of the molecule is O=C1C=CC(=O)[N+](c2cccc(Cl)c2Cl)=N1. The second-order valence-corrected chi connectivity index (χ2v) is 3.78. The highest BCUT2D eigenvalue weighted by Crippen LogP contribution is 2.32. The number of carbonyl (C=O) groups is 2. The molecule has 0 N–H and O–H groups in total. The fourth-order valence-electron chi connectivity index (χ4n) is 1.22. The van der Waals surface area contributed by atoms with Crippen LogP contribution in [0.1, 0.15) is 0 Å². The van der Waals surface area contributed by atoms with Crippen molar-refractivity contribution in [3.8, 4) is 0 Å². The third-order valence-corrected chi connectivity index (χ3v) is 2.74. The van der Waals surface area contributed by atoms with Gasteiger partial charge in [0.05, 0.1) is 16.2 Å². The number of hydrogen-bond acceptors (Lipinski definition) is 2. The van der Waals surface area contributed by atoms with Crippen molar-refractivity contribution >= 4 is 40.7 Å². The van der Waals surface area contributed by atoms with Gasteiger partial charge in [0.25, 0.3) is 5.69 Å². The van der Waals surface area contributed by atoms with Crippen LogP contribution in [0, 0.1) is 0 Å². The van der Waals surface area contributed by atoms with E-state index in [9.17, 15) is 9.59 Å². The van der Waals surface area contributed by atoms with Crippen LogP contribution in [0.5, 0.6) is 0 Å². The third kappa shape index (κ3) is 1.89. The van der Waals surface area contributed by atoms with Gasteiger partial charge in [-0.3, -0.25) is 4.79 Å². The topological polar surface area (TPSA) is 49.5 Å². The summed E-state index contributed by atoms with van der Waals surface area (Å²) in [5.74, 6) is -0.959. The molecule has 0 aliphatic carbocycles. The van der Waals surface area contributed by atoms with E-state index in [-0.39, 0.29) is 10.7 Å². The summed E-state index contributed by atoms with van der Waals surface area (Å²) in [6, 6.07) is 4.76. The predicted octanol–water partition coefficient (Wildman–Crippen LogP) is 2.71. The maximum Gasteiger partial charge on any atom is 0.443 e. The minimum absolute atomic E-state index is 0.185. The van der Waals surface area contributed by atoms with Gasteiger partial charge < -0.3 is 0 Å². The van der Waals surface area contributed by atoms with Crippen LogP contribution in [0.4, 0.5) is 5.69 Å². The largest absolute Gasteiger partial charge is 0.443 e. The van der Waals surface area contributed by atoms with Crippen LogP contribution >= 0.6 is 23.2 Å². The van der Waals surface area contributed by atoms with Crippen molar-refractivity contribution in [3.05, 3.63) is 40.4 Å². The number of carbonyl (C=O) groups excluding carboxylic acids is 2. The second kappa shape index (κ2) is 4.15. The molecule has 0 radical (unpaired) electrons. The van der Waals surface area contributed by atoms with Crippen LogP contribution in [0.15, 0.2) is 35.5 Å². The monoisotopic (exact) mass is 255 g/mol. The van der Waals surface area contributed by atoms with Gasteiger partial charge in [0, 0.05) is 12.1 Å². The molecular weight excluding hydrogens is 251 g/mol. The van der Waals surface area contributed by atoms with Gasteiger partial charge in [-0.25, -0.2) is 4.79 Å². The Labute approximate surface area is 101 Å². The van der Waals surface area contributed by atoms with Crippen LogP contribution in [0.2, 0.25) is 10.0 Å². The lowest BCUT2D eigenvalue weighted by Crippen LogP contribution is -2.17. The first kappa shape index (κ1) is 11.0. The number of nitrogens with zero attached hydrogens (tertiary/aromatic N) is 2. The molecule has 0 saturated heterocycles. The molecule has 0 atom stereocenters. The normalized spacial score (nSPS) is 15.2. The highest BCUT2D eigenvalue weighted by atomic mass is 35.5. The van der Waals surface area contributed by atoms with Gasteiger partial charge in [-0.05, 0) is 10.8 Å². The number of rotatable bonds is 1. The molecule has 1 aliphatic heterocycles. The molecule has 2 amide bonds. The average molecular weight is 256 g/mol. The van der Waals surface area contributed by atoms with Crippen molar-refractivity contribution in [2.75, 3.05) is 0 Å². The molecule has 6 heteroatoms. The van der Waals surface area contributed by atoms with Crippen molar-refractivity contribution in [3.63, 3.8) is 0 Å². The summed E-state index contributed by atoms with van der Waals surface area (Å²) in [6.45, 7) is 0. The molecule has 0 fully saturated rings. The first-order valence-corrected chi connectivity index (χ1v) is 5.07. The minimum Gasteiger partial charge on any atom is -0.261 e. The molecule has 0 saturated carbocycles. The molecule has 0 bridgehead atoms. The van der Waals surface area contributed by atoms with Crippen LogP contribution in [-0.4, -0.2) is 16.5 Å². The number of azo groups is 2. The highest BCUT2D eigenvalue weighted by Gasteiger charge is 2.29. The van der Waals surface area contributed by atoms with Crippen molar-refractivity contribution in [2.45, 2.75) is 0 Å². The Kier molecular flexibility index (Phi) is 2.85. The van der Waals surface area contributed by atoms with Gasteiger partial charge in [-0.1, -0.05) is 29.3 Å². The summed E-state index contributed by atoms with van der Waals surface area (Å²) >= 11 is 11.7. The quantitative estimate of drug-likeness (QED) is 0.725. The molecule has 0 unspecified atom stereocenters. The van der Waals surface area contributed by atoms with E-state index in [0.29, 0.717) is 5.02 Å². The summed E-state index contributed by atoms with van der Waals surface area (Å²) in [4.78, 5) is 22.6. The molecule has 80 valence electrons. The zero-order valence-electron chi connectivity index (χ0n) is 7.85. The van der Waals surface area contributed by atoms with Gasteiger partial charge >= 0.3 is 11.8 Å². The third-order valence-electron chi connectivity index (χ3n) is 1.94. The first-order valence-electron chi connectivity index (χ1n) is 4.31. The van der Waals surface area contributed by atoms with E-state index in [4.69, 9.17) is 23.2 Å².